The number of hydrogen-bond donors (Lipinski definition) is 1. The highest BCUT2D eigenvalue weighted by atomic mass is 16.5. The second kappa shape index (κ2) is 4.55. The van der Waals surface area contributed by atoms with Crippen molar-refractivity contribution in [3.05, 3.63) is 18.3 Å². The lowest BCUT2D eigenvalue weighted by molar-refractivity contribution is 0.0538. The van der Waals surface area contributed by atoms with Crippen LogP contribution < -0.4 is 10.5 Å². The maximum Gasteiger partial charge on any atom is 0.237 e. The van der Waals surface area contributed by atoms with Crippen LogP contribution in [0.5, 0.6) is 5.88 Å². The van der Waals surface area contributed by atoms with E-state index >= 15 is 0 Å². The molecule has 1 aliphatic rings. The SMILES string of the molecule is CC1CC(Oc2ncccc2N)CC(C)(C)C1. The molecule has 1 fully saturated rings. The van der Waals surface area contributed by atoms with Gasteiger partial charge in [0.25, 0.3) is 0 Å². The fourth-order valence-corrected chi connectivity index (χ4v) is 3.01. The maximum absolute atomic E-state index is 5.96. The zero-order valence-corrected chi connectivity index (χ0v) is 10.9. The zero-order chi connectivity index (χ0) is 12.5. The van der Waals surface area contributed by atoms with Gasteiger partial charge in [-0.15, -0.1) is 0 Å². The number of hydrogen-bond acceptors (Lipinski definition) is 3. The second-order valence-corrected chi connectivity index (χ2v) is 6.05. The monoisotopic (exact) mass is 234 g/mol. The summed E-state index contributed by atoms with van der Waals surface area (Å²) >= 11 is 0. The van der Waals surface area contributed by atoms with Crippen molar-refractivity contribution in [2.45, 2.75) is 46.1 Å². The first-order valence-corrected chi connectivity index (χ1v) is 6.33. The lowest BCUT2D eigenvalue weighted by Gasteiger charge is -2.38. The molecular weight excluding hydrogens is 212 g/mol. The Balaban J connectivity index is 2.06. The first-order chi connectivity index (χ1) is 7.96. The van der Waals surface area contributed by atoms with Crippen LogP contribution in [-0.4, -0.2) is 11.1 Å². The molecule has 3 nitrogen and oxygen atoms in total. The van der Waals surface area contributed by atoms with Crippen molar-refractivity contribution < 1.29 is 4.74 Å². The summed E-state index contributed by atoms with van der Waals surface area (Å²) in [5, 5.41) is 0. The third-order valence-electron chi connectivity index (χ3n) is 3.43. The van der Waals surface area contributed by atoms with Crippen molar-refractivity contribution in [2.24, 2.45) is 11.3 Å². The van der Waals surface area contributed by atoms with Crippen LogP contribution in [0.2, 0.25) is 0 Å². The quantitative estimate of drug-likeness (QED) is 0.854. The highest BCUT2D eigenvalue weighted by Gasteiger charge is 2.33. The van der Waals surface area contributed by atoms with Crippen LogP contribution in [-0.2, 0) is 0 Å². The van der Waals surface area contributed by atoms with Crippen molar-refractivity contribution in [1.29, 1.82) is 0 Å². The van der Waals surface area contributed by atoms with Crippen LogP contribution in [0.4, 0.5) is 5.69 Å². The third-order valence-corrected chi connectivity index (χ3v) is 3.43. The molecule has 0 spiro atoms. The van der Waals surface area contributed by atoms with E-state index in [1.165, 1.54) is 6.42 Å². The average molecular weight is 234 g/mol. The molecule has 0 amide bonds. The molecule has 2 unspecified atom stereocenters. The molecule has 0 saturated heterocycles. The van der Waals surface area contributed by atoms with Gasteiger partial charge in [0.15, 0.2) is 0 Å². The minimum absolute atomic E-state index is 0.242. The Labute approximate surface area is 103 Å². The Morgan fingerprint density at radius 3 is 2.82 bits per heavy atom. The Bertz CT molecular complexity index is 390. The Hall–Kier alpha value is -1.25. The fourth-order valence-electron chi connectivity index (χ4n) is 3.01. The highest BCUT2D eigenvalue weighted by Crippen LogP contribution is 2.40. The Morgan fingerprint density at radius 1 is 1.41 bits per heavy atom. The maximum atomic E-state index is 5.96. The summed E-state index contributed by atoms with van der Waals surface area (Å²) in [6.45, 7) is 6.90. The number of nitrogen functional groups attached to an aromatic ring is 1. The van der Waals surface area contributed by atoms with Crippen molar-refractivity contribution >= 4 is 5.69 Å². The molecule has 94 valence electrons. The van der Waals surface area contributed by atoms with Gasteiger partial charge < -0.3 is 10.5 Å². The van der Waals surface area contributed by atoms with Gasteiger partial charge in [0.2, 0.25) is 5.88 Å². The molecule has 0 radical (unpaired) electrons. The van der Waals surface area contributed by atoms with E-state index in [0.29, 0.717) is 22.9 Å². The molecular formula is C14H22N2O. The van der Waals surface area contributed by atoms with E-state index in [4.69, 9.17) is 10.5 Å². The van der Waals surface area contributed by atoms with Crippen LogP contribution in [0.3, 0.4) is 0 Å². The second-order valence-electron chi connectivity index (χ2n) is 6.05. The predicted molar refractivity (Wildman–Crippen MR) is 69.9 cm³/mol. The van der Waals surface area contributed by atoms with Crippen LogP contribution in [0, 0.1) is 11.3 Å². The molecule has 2 rings (SSSR count). The van der Waals surface area contributed by atoms with Gasteiger partial charge in [0.05, 0.1) is 5.69 Å². The van der Waals surface area contributed by atoms with Gasteiger partial charge in [-0.25, -0.2) is 4.98 Å². The van der Waals surface area contributed by atoms with E-state index in [-0.39, 0.29) is 6.10 Å². The summed E-state index contributed by atoms with van der Waals surface area (Å²) < 4.78 is 5.96. The topological polar surface area (TPSA) is 48.1 Å². The normalized spacial score (nSPS) is 27.7. The Kier molecular flexibility index (Phi) is 3.27. The van der Waals surface area contributed by atoms with Gasteiger partial charge in [-0.3, -0.25) is 0 Å². The molecule has 1 aromatic rings. The summed E-state index contributed by atoms with van der Waals surface area (Å²) in [4.78, 5) is 4.20. The van der Waals surface area contributed by atoms with Gasteiger partial charge >= 0.3 is 0 Å². The minimum atomic E-state index is 0.242. The number of anilines is 1. The number of ether oxygens (including phenoxy) is 1. The van der Waals surface area contributed by atoms with Gasteiger partial charge in [-0.1, -0.05) is 20.8 Å². The highest BCUT2D eigenvalue weighted by molar-refractivity contribution is 5.46. The lowest BCUT2D eigenvalue weighted by Crippen LogP contribution is -2.34. The number of rotatable bonds is 2. The van der Waals surface area contributed by atoms with Crippen LogP contribution in [0.15, 0.2) is 18.3 Å². The van der Waals surface area contributed by atoms with Crippen molar-refractivity contribution in [1.82, 2.24) is 4.98 Å². The molecule has 2 N–H and O–H groups in total. The van der Waals surface area contributed by atoms with Gasteiger partial charge in [0, 0.05) is 6.20 Å². The molecule has 0 aromatic carbocycles. The van der Waals surface area contributed by atoms with Gasteiger partial charge in [-0.05, 0) is 42.7 Å². The molecule has 1 saturated carbocycles. The summed E-state index contributed by atoms with van der Waals surface area (Å²) in [7, 11) is 0. The smallest absolute Gasteiger partial charge is 0.237 e. The van der Waals surface area contributed by atoms with Crippen molar-refractivity contribution in [3.8, 4) is 5.88 Å². The van der Waals surface area contributed by atoms with E-state index in [1.807, 2.05) is 12.1 Å². The van der Waals surface area contributed by atoms with E-state index in [1.54, 1.807) is 6.20 Å². The molecule has 3 heteroatoms. The van der Waals surface area contributed by atoms with Crippen molar-refractivity contribution in [3.63, 3.8) is 0 Å². The Morgan fingerprint density at radius 2 is 2.18 bits per heavy atom. The van der Waals surface area contributed by atoms with Crippen LogP contribution >= 0.6 is 0 Å². The molecule has 2 atom stereocenters. The van der Waals surface area contributed by atoms with E-state index < -0.39 is 0 Å². The minimum Gasteiger partial charge on any atom is -0.473 e. The fraction of sp³-hybridized carbons (Fsp3) is 0.643. The van der Waals surface area contributed by atoms with Crippen molar-refractivity contribution in [2.75, 3.05) is 5.73 Å². The first-order valence-electron chi connectivity index (χ1n) is 6.33. The number of pyridine rings is 1. The summed E-state index contributed by atoms with van der Waals surface area (Å²) in [6.07, 6.45) is 5.41. The largest absolute Gasteiger partial charge is 0.473 e. The molecule has 0 aliphatic heterocycles. The molecule has 0 bridgehead atoms. The standard InChI is InChI=1S/C14H22N2O/c1-10-7-11(9-14(2,3)8-10)17-13-12(15)5-4-6-16-13/h4-6,10-11H,7-9,15H2,1-3H3. The van der Waals surface area contributed by atoms with E-state index in [0.717, 1.165) is 12.8 Å². The van der Waals surface area contributed by atoms with E-state index in [9.17, 15) is 0 Å². The number of aromatic nitrogens is 1. The first kappa shape index (κ1) is 12.2. The molecule has 1 aliphatic carbocycles. The molecule has 1 aromatic heterocycles. The lowest BCUT2D eigenvalue weighted by atomic mass is 9.71. The predicted octanol–water partition coefficient (Wildman–Crippen LogP) is 3.26. The summed E-state index contributed by atoms with van der Waals surface area (Å²) in [5.41, 5.74) is 6.83. The third kappa shape index (κ3) is 3.11. The zero-order valence-electron chi connectivity index (χ0n) is 10.9. The average Bonchev–Trinajstić information content (AvgIpc) is 2.18. The van der Waals surface area contributed by atoms with E-state index in [2.05, 4.69) is 25.8 Å². The molecule has 17 heavy (non-hydrogen) atoms. The number of nitrogens with two attached hydrogens (primary N) is 1. The van der Waals surface area contributed by atoms with Crippen LogP contribution in [0.25, 0.3) is 0 Å². The molecule has 1 heterocycles. The van der Waals surface area contributed by atoms with Gasteiger partial charge in [0.1, 0.15) is 6.10 Å². The van der Waals surface area contributed by atoms with Gasteiger partial charge in [-0.2, -0.15) is 0 Å². The summed E-state index contributed by atoms with van der Waals surface area (Å²) in [6, 6.07) is 3.66. The van der Waals surface area contributed by atoms with Crippen LogP contribution in [0.1, 0.15) is 40.0 Å². The summed E-state index contributed by atoms with van der Waals surface area (Å²) in [5.74, 6) is 1.29. The number of nitrogens with zero attached hydrogens (tertiary/aromatic N) is 1.